The first-order valence-electron chi connectivity index (χ1n) is 7.05. The molecule has 1 amide bonds. The smallest absolute Gasteiger partial charge is 0.219 e. The van der Waals surface area contributed by atoms with E-state index in [1.807, 2.05) is 11.0 Å². The lowest BCUT2D eigenvalue weighted by molar-refractivity contribution is -0.128. The van der Waals surface area contributed by atoms with E-state index in [2.05, 4.69) is 4.90 Å². The number of benzene rings is 1. The molecule has 1 fully saturated rings. The fraction of sp³-hybridized carbons (Fsp3) is 0.533. The van der Waals surface area contributed by atoms with Crippen molar-refractivity contribution in [1.82, 2.24) is 4.90 Å². The Morgan fingerprint density at radius 2 is 2.05 bits per heavy atom. The minimum absolute atomic E-state index is 0.0958. The maximum Gasteiger partial charge on any atom is 0.219 e. The zero-order valence-electron chi connectivity index (χ0n) is 12.1. The molecule has 5 heteroatoms. The van der Waals surface area contributed by atoms with Crippen LogP contribution in [0.1, 0.15) is 31.9 Å². The van der Waals surface area contributed by atoms with Gasteiger partial charge in [0.25, 0.3) is 0 Å². The van der Waals surface area contributed by atoms with Crippen LogP contribution in [0, 0.1) is 5.82 Å². The lowest BCUT2D eigenvalue weighted by atomic mass is 10.0. The number of carbonyl (C=O) groups is 1. The van der Waals surface area contributed by atoms with Crippen LogP contribution in [0.25, 0.3) is 0 Å². The van der Waals surface area contributed by atoms with E-state index in [9.17, 15) is 9.18 Å². The number of hydrogen-bond acceptors (Lipinski definition) is 3. The number of hydrogen-bond donors (Lipinski definition) is 1. The molecule has 1 saturated heterocycles. The maximum atomic E-state index is 14.0. The first kappa shape index (κ1) is 14.8. The molecule has 1 atom stereocenters. The Hall–Kier alpha value is -1.62. The summed E-state index contributed by atoms with van der Waals surface area (Å²) in [6.07, 6.45) is 0.883. The molecule has 0 radical (unpaired) electrons. The van der Waals surface area contributed by atoms with Gasteiger partial charge in [-0.2, -0.15) is 0 Å². The SMILES string of the molecule is CC(=O)N1CCCN(c2cccc(F)c2[C@@H](C)N)CC1. The normalized spacial score (nSPS) is 17.8. The van der Waals surface area contributed by atoms with E-state index in [0.717, 1.165) is 25.2 Å². The van der Waals surface area contributed by atoms with Gasteiger partial charge in [-0.1, -0.05) is 6.07 Å². The Bertz CT molecular complexity index is 490. The van der Waals surface area contributed by atoms with Crippen LogP contribution in [0.15, 0.2) is 18.2 Å². The van der Waals surface area contributed by atoms with E-state index in [0.29, 0.717) is 18.7 Å². The fourth-order valence-electron chi connectivity index (χ4n) is 2.73. The second-order valence-electron chi connectivity index (χ2n) is 5.31. The molecule has 1 aromatic rings. The third-order valence-electron chi connectivity index (χ3n) is 3.77. The van der Waals surface area contributed by atoms with Gasteiger partial charge in [0.15, 0.2) is 0 Å². The summed E-state index contributed by atoms with van der Waals surface area (Å²) in [5.41, 5.74) is 7.32. The number of nitrogens with two attached hydrogens (primary N) is 1. The van der Waals surface area contributed by atoms with E-state index in [-0.39, 0.29) is 17.8 Å². The lowest BCUT2D eigenvalue weighted by Crippen LogP contribution is -2.34. The molecule has 0 aliphatic carbocycles. The van der Waals surface area contributed by atoms with Crippen molar-refractivity contribution in [3.8, 4) is 0 Å². The van der Waals surface area contributed by atoms with Crippen molar-refractivity contribution in [2.24, 2.45) is 5.73 Å². The predicted octanol–water partition coefficient (Wildman–Crippen LogP) is 1.90. The Kier molecular flexibility index (Phi) is 4.60. The summed E-state index contributed by atoms with van der Waals surface area (Å²) < 4.78 is 14.0. The van der Waals surface area contributed by atoms with Crippen LogP contribution in [0.2, 0.25) is 0 Å². The highest BCUT2D eigenvalue weighted by molar-refractivity contribution is 5.73. The van der Waals surface area contributed by atoms with Gasteiger partial charge in [0.2, 0.25) is 5.91 Å². The molecule has 1 heterocycles. The van der Waals surface area contributed by atoms with Crippen LogP contribution in [0.4, 0.5) is 10.1 Å². The second-order valence-corrected chi connectivity index (χ2v) is 5.31. The lowest BCUT2D eigenvalue weighted by Gasteiger charge is -2.27. The van der Waals surface area contributed by atoms with E-state index >= 15 is 0 Å². The Morgan fingerprint density at radius 3 is 2.70 bits per heavy atom. The van der Waals surface area contributed by atoms with Crippen molar-refractivity contribution in [2.45, 2.75) is 26.3 Å². The molecule has 20 heavy (non-hydrogen) atoms. The summed E-state index contributed by atoms with van der Waals surface area (Å²) >= 11 is 0. The van der Waals surface area contributed by atoms with E-state index in [4.69, 9.17) is 5.73 Å². The molecule has 110 valence electrons. The number of amides is 1. The van der Waals surface area contributed by atoms with E-state index in [1.165, 1.54) is 6.07 Å². The van der Waals surface area contributed by atoms with Crippen LogP contribution >= 0.6 is 0 Å². The van der Waals surface area contributed by atoms with Crippen LogP contribution in [0.5, 0.6) is 0 Å². The van der Waals surface area contributed by atoms with Crippen LogP contribution in [0.3, 0.4) is 0 Å². The van der Waals surface area contributed by atoms with Crippen LogP contribution < -0.4 is 10.6 Å². The zero-order chi connectivity index (χ0) is 14.7. The molecule has 2 N–H and O–H groups in total. The van der Waals surface area contributed by atoms with Gasteiger partial charge in [0, 0.05) is 50.4 Å². The summed E-state index contributed by atoms with van der Waals surface area (Å²) in [5, 5.41) is 0. The highest BCUT2D eigenvalue weighted by atomic mass is 19.1. The number of halogens is 1. The predicted molar refractivity (Wildman–Crippen MR) is 78.1 cm³/mol. The molecule has 2 rings (SSSR count). The first-order chi connectivity index (χ1) is 9.50. The molecule has 1 aliphatic rings. The van der Waals surface area contributed by atoms with E-state index in [1.54, 1.807) is 19.9 Å². The summed E-state index contributed by atoms with van der Waals surface area (Å²) in [6, 6.07) is 4.72. The number of carbonyl (C=O) groups excluding carboxylic acids is 1. The van der Waals surface area contributed by atoms with Crippen molar-refractivity contribution in [1.29, 1.82) is 0 Å². The minimum Gasteiger partial charge on any atom is -0.369 e. The second kappa shape index (κ2) is 6.22. The molecule has 4 nitrogen and oxygen atoms in total. The molecular formula is C15H22FN3O. The standard InChI is InChI=1S/C15H22FN3O/c1-11(17)15-13(16)5-3-6-14(15)19-8-4-7-18(9-10-19)12(2)20/h3,5-6,11H,4,7-10,17H2,1-2H3/t11-/m1/s1. The van der Waals surface area contributed by atoms with Gasteiger partial charge in [-0.15, -0.1) is 0 Å². The zero-order valence-corrected chi connectivity index (χ0v) is 12.1. The largest absolute Gasteiger partial charge is 0.369 e. The number of anilines is 1. The molecular weight excluding hydrogens is 257 g/mol. The molecule has 0 saturated carbocycles. The monoisotopic (exact) mass is 279 g/mol. The Labute approximate surface area is 119 Å². The van der Waals surface area contributed by atoms with E-state index < -0.39 is 0 Å². The van der Waals surface area contributed by atoms with Crippen molar-refractivity contribution < 1.29 is 9.18 Å². The average molecular weight is 279 g/mol. The number of rotatable bonds is 2. The molecule has 1 aromatic carbocycles. The van der Waals surface area contributed by atoms with Crippen molar-refractivity contribution in [2.75, 3.05) is 31.1 Å². The summed E-state index contributed by atoms with van der Waals surface area (Å²) in [4.78, 5) is 15.4. The summed E-state index contributed by atoms with van der Waals surface area (Å²) in [6.45, 7) is 6.33. The van der Waals surface area contributed by atoms with Gasteiger partial charge in [-0.25, -0.2) is 4.39 Å². The molecule has 0 spiro atoms. The topological polar surface area (TPSA) is 49.6 Å². The quantitative estimate of drug-likeness (QED) is 0.899. The fourth-order valence-corrected chi connectivity index (χ4v) is 2.73. The third-order valence-corrected chi connectivity index (χ3v) is 3.77. The average Bonchev–Trinajstić information content (AvgIpc) is 2.63. The first-order valence-corrected chi connectivity index (χ1v) is 7.05. The van der Waals surface area contributed by atoms with Gasteiger partial charge < -0.3 is 15.5 Å². The molecule has 0 aromatic heterocycles. The third kappa shape index (κ3) is 3.10. The van der Waals surface area contributed by atoms with Crippen molar-refractivity contribution in [3.63, 3.8) is 0 Å². The van der Waals surface area contributed by atoms with Gasteiger partial charge >= 0.3 is 0 Å². The Morgan fingerprint density at radius 1 is 1.30 bits per heavy atom. The van der Waals surface area contributed by atoms with Crippen LogP contribution in [-0.4, -0.2) is 37.0 Å². The van der Waals surface area contributed by atoms with Crippen LogP contribution in [-0.2, 0) is 4.79 Å². The summed E-state index contributed by atoms with van der Waals surface area (Å²) in [5.74, 6) is -0.163. The minimum atomic E-state index is -0.349. The molecule has 0 bridgehead atoms. The summed E-state index contributed by atoms with van der Waals surface area (Å²) in [7, 11) is 0. The van der Waals surface area contributed by atoms with Gasteiger partial charge in [0.05, 0.1) is 0 Å². The molecule has 0 unspecified atom stereocenters. The van der Waals surface area contributed by atoms with Gasteiger partial charge in [-0.05, 0) is 25.5 Å². The van der Waals surface area contributed by atoms with Gasteiger partial charge in [0.1, 0.15) is 5.82 Å². The Balaban J connectivity index is 2.24. The number of nitrogens with zero attached hydrogens (tertiary/aromatic N) is 2. The van der Waals surface area contributed by atoms with Crippen molar-refractivity contribution >= 4 is 11.6 Å². The maximum absolute atomic E-state index is 14.0. The highest BCUT2D eigenvalue weighted by Gasteiger charge is 2.21. The van der Waals surface area contributed by atoms with Gasteiger partial charge in [-0.3, -0.25) is 4.79 Å². The van der Waals surface area contributed by atoms with Crippen molar-refractivity contribution in [3.05, 3.63) is 29.6 Å². The highest BCUT2D eigenvalue weighted by Crippen LogP contribution is 2.28. The molecule has 1 aliphatic heterocycles.